The predicted octanol–water partition coefficient (Wildman–Crippen LogP) is 4.13. The van der Waals surface area contributed by atoms with Crippen LogP contribution in [0.3, 0.4) is 0 Å². The normalized spacial score (nSPS) is 11.5. The van der Waals surface area contributed by atoms with Crippen LogP contribution in [0.1, 0.15) is 11.3 Å². The molecule has 13 heteroatoms. The first-order valence-electron chi connectivity index (χ1n) is 10.0. The van der Waals surface area contributed by atoms with Crippen LogP contribution < -0.4 is 16.4 Å². The summed E-state index contributed by atoms with van der Waals surface area (Å²) in [5, 5.41) is 17.0. The number of nitrogen functional groups attached to an aromatic ring is 1. The van der Waals surface area contributed by atoms with Gasteiger partial charge < -0.3 is 16.4 Å². The second-order valence-electron chi connectivity index (χ2n) is 7.36. The van der Waals surface area contributed by atoms with Crippen molar-refractivity contribution in [3.05, 3.63) is 70.0 Å². The molecule has 3 aromatic heterocycles. The third kappa shape index (κ3) is 4.82. The number of halogens is 3. The molecule has 34 heavy (non-hydrogen) atoms. The molecule has 0 unspecified atom stereocenters. The lowest BCUT2D eigenvalue weighted by atomic mass is 10.1. The van der Waals surface area contributed by atoms with E-state index in [9.17, 15) is 23.3 Å². The van der Waals surface area contributed by atoms with Crippen molar-refractivity contribution in [2.75, 3.05) is 29.5 Å². The largest absolute Gasteiger partial charge is 0.416 e. The van der Waals surface area contributed by atoms with Crippen LogP contribution in [0.15, 0.2) is 48.7 Å². The van der Waals surface area contributed by atoms with Gasteiger partial charge in [-0.1, -0.05) is 12.1 Å². The molecule has 0 aliphatic heterocycles. The van der Waals surface area contributed by atoms with Crippen molar-refractivity contribution >= 4 is 28.9 Å². The summed E-state index contributed by atoms with van der Waals surface area (Å²) in [6.07, 6.45) is -2.63. The number of nitrogens with two attached hydrogens (primary N) is 1. The van der Waals surface area contributed by atoms with E-state index in [2.05, 4.69) is 25.6 Å². The third-order valence-electron chi connectivity index (χ3n) is 4.90. The molecule has 4 rings (SSSR count). The van der Waals surface area contributed by atoms with Crippen molar-refractivity contribution in [3.8, 4) is 11.3 Å². The van der Waals surface area contributed by atoms with Crippen LogP contribution in [0.25, 0.3) is 16.9 Å². The fourth-order valence-electron chi connectivity index (χ4n) is 3.30. The molecule has 0 amide bonds. The summed E-state index contributed by atoms with van der Waals surface area (Å²) in [4.78, 5) is 23.2. The van der Waals surface area contributed by atoms with Gasteiger partial charge in [0.25, 0.3) is 0 Å². The lowest BCUT2D eigenvalue weighted by Gasteiger charge is -2.12. The quantitative estimate of drug-likeness (QED) is 0.207. The van der Waals surface area contributed by atoms with Gasteiger partial charge in [0.15, 0.2) is 0 Å². The van der Waals surface area contributed by atoms with E-state index in [-0.39, 0.29) is 11.5 Å². The van der Waals surface area contributed by atoms with Crippen LogP contribution in [0.5, 0.6) is 0 Å². The molecule has 0 saturated heterocycles. The van der Waals surface area contributed by atoms with Crippen LogP contribution in [0, 0.1) is 17.0 Å². The molecule has 0 aliphatic carbocycles. The summed E-state index contributed by atoms with van der Waals surface area (Å²) in [6.45, 7) is 2.58. The van der Waals surface area contributed by atoms with Crippen molar-refractivity contribution in [2.24, 2.45) is 0 Å². The van der Waals surface area contributed by atoms with E-state index in [4.69, 9.17) is 5.73 Å². The highest BCUT2D eigenvalue weighted by Gasteiger charge is 2.30. The monoisotopic (exact) mass is 472 g/mol. The Morgan fingerprint density at radius 2 is 1.76 bits per heavy atom. The smallest absolute Gasteiger partial charge is 0.378 e. The molecule has 10 nitrogen and oxygen atoms in total. The fraction of sp³-hybridized carbons (Fsp3) is 0.190. The number of aryl methyl sites for hydroxylation is 1. The molecule has 0 spiro atoms. The highest BCUT2D eigenvalue weighted by Crippen LogP contribution is 2.31. The molecule has 0 fully saturated rings. The number of anilines is 3. The number of fused-ring (bicyclic) bond motifs is 1. The van der Waals surface area contributed by atoms with E-state index >= 15 is 0 Å². The third-order valence-corrected chi connectivity index (χ3v) is 4.90. The first-order chi connectivity index (χ1) is 16.1. The SMILES string of the molecule is Cc1cn2c(NCCNc3ccc([N+](=O)[O-])c(N)n3)nc(-c3ccc(C(F)(F)F)cc3)cc2n1. The number of nitrogens with zero attached hydrogens (tertiary/aromatic N) is 5. The van der Waals surface area contributed by atoms with Crippen molar-refractivity contribution in [1.29, 1.82) is 0 Å². The molecule has 0 aliphatic rings. The molecule has 0 saturated carbocycles. The molecule has 3 heterocycles. The van der Waals surface area contributed by atoms with Crippen LogP contribution in [0.2, 0.25) is 0 Å². The second kappa shape index (κ2) is 8.84. The molecule has 1 aromatic carbocycles. The Kier molecular flexibility index (Phi) is 5.92. The fourth-order valence-corrected chi connectivity index (χ4v) is 3.30. The average Bonchev–Trinajstić information content (AvgIpc) is 3.16. The maximum Gasteiger partial charge on any atom is 0.416 e. The van der Waals surface area contributed by atoms with E-state index in [1.165, 1.54) is 24.3 Å². The van der Waals surface area contributed by atoms with Gasteiger partial charge in [-0.3, -0.25) is 14.5 Å². The summed E-state index contributed by atoms with van der Waals surface area (Å²) in [7, 11) is 0. The Hall–Kier alpha value is -4.42. The van der Waals surface area contributed by atoms with Crippen molar-refractivity contribution in [2.45, 2.75) is 13.1 Å². The molecular weight excluding hydrogens is 453 g/mol. The van der Waals surface area contributed by atoms with E-state index in [0.717, 1.165) is 17.8 Å². The predicted molar refractivity (Wildman–Crippen MR) is 120 cm³/mol. The number of aromatic nitrogens is 4. The maximum atomic E-state index is 12.9. The molecular formula is C21H19F3N8O2. The molecule has 0 bridgehead atoms. The van der Waals surface area contributed by atoms with E-state index in [1.54, 1.807) is 16.7 Å². The van der Waals surface area contributed by atoms with Crippen molar-refractivity contribution < 1.29 is 18.1 Å². The van der Waals surface area contributed by atoms with Crippen LogP contribution >= 0.6 is 0 Å². The first kappa shape index (κ1) is 22.8. The van der Waals surface area contributed by atoms with Gasteiger partial charge in [0.1, 0.15) is 11.5 Å². The van der Waals surface area contributed by atoms with Crippen molar-refractivity contribution in [1.82, 2.24) is 19.4 Å². The second-order valence-corrected chi connectivity index (χ2v) is 7.36. The Bertz CT molecular complexity index is 1350. The van der Waals surface area contributed by atoms with E-state index in [0.29, 0.717) is 41.8 Å². The van der Waals surface area contributed by atoms with E-state index < -0.39 is 16.7 Å². The molecule has 0 radical (unpaired) electrons. The Morgan fingerprint density at radius 1 is 1.06 bits per heavy atom. The van der Waals surface area contributed by atoms with Crippen molar-refractivity contribution in [3.63, 3.8) is 0 Å². The van der Waals surface area contributed by atoms with Gasteiger partial charge in [-0.2, -0.15) is 13.2 Å². The molecule has 176 valence electrons. The topological polar surface area (TPSA) is 136 Å². The first-order valence-corrected chi connectivity index (χ1v) is 10.0. The zero-order valence-corrected chi connectivity index (χ0v) is 17.8. The Labute approximate surface area is 190 Å². The number of hydrogen-bond donors (Lipinski definition) is 3. The number of nitro groups is 1. The van der Waals surface area contributed by atoms with Crippen LogP contribution in [-0.2, 0) is 6.18 Å². The van der Waals surface area contributed by atoms with Crippen LogP contribution in [-0.4, -0.2) is 37.4 Å². The van der Waals surface area contributed by atoms with Gasteiger partial charge in [-0.05, 0) is 25.1 Å². The Balaban J connectivity index is 1.51. The average molecular weight is 472 g/mol. The summed E-state index contributed by atoms with van der Waals surface area (Å²) >= 11 is 0. The van der Waals surface area contributed by atoms with E-state index in [1.807, 2.05) is 6.92 Å². The zero-order valence-electron chi connectivity index (χ0n) is 17.8. The van der Waals surface area contributed by atoms with Gasteiger partial charge in [0.05, 0.1) is 21.9 Å². The maximum absolute atomic E-state index is 12.9. The standard InChI is InChI=1S/C21H19F3N8O2/c1-12-11-31-18(28-12)10-15(13-2-4-14(5-3-13)21(22,23)24)29-20(31)27-9-8-26-17-7-6-16(32(33)34)19(25)30-17/h2-7,10-11H,8-9H2,1H3,(H,27,29)(H3,25,26,30). The summed E-state index contributed by atoms with van der Waals surface area (Å²) in [6, 6.07) is 9.18. The number of benzene rings is 1. The lowest BCUT2D eigenvalue weighted by Crippen LogP contribution is -2.17. The zero-order chi connectivity index (χ0) is 24.5. The Morgan fingerprint density at radius 3 is 2.41 bits per heavy atom. The van der Waals surface area contributed by atoms with Gasteiger partial charge in [0.2, 0.25) is 11.8 Å². The number of alkyl halides is 3. The minimum absolute atomic E-state index is 0.190. The summed E-state index contributed by atoms with van der Waals surface area (Å²) < 4.78 is 40.4. The highest BCUT2D eigenvalue weighted by atomic mass is 19.4. The van der Waals surface area contributed by atoms with Gasteiger partial charge in [-0.25, -0.2) is 15.0 Å². The summed E-state index contributed by atoms with van der Waals surface area (Å²) in [5.74, 6) is 0.635. The number of pyridine rings is 1. The summed E-state index contributed by atoms with van der Waals surface area (Å²) in [5.41, 5.74) is 6.90. The lowest BCUT2D eigenvalue weighted by molar-refractivity contribution is -0.384. The minimum atomic E-state index is -4.42. The number of imidazole rings is 1. The molecule has 0 atom stereocenters. The minimum Gasteiger partial charge on any atom is -0.378 e. The highest BCUT2D eigenvalue weighted by molar-refractivity contribution is 5.66. The van der Waals surface area contributed by atoms with Crippen LogP contribution in [0.4, 0.5) is 36.4 Å². The van der Waals surface area contributed by atoms with Gasteiger partial charge in [0, 0.05) is 37.0 Å². The van der Waals surface area contributed by atoms with Gasteiger partial charge >= 0.3 is 11.9 Å². The number of nitrogens with one attached hydrogen (secondary N) is 2. The number of hydrogen-bond acceptors (Lipinski definition) is 8. The molecule has 4 N–H and O–H groups in total. The number of rotatable bonds is 7. The molecule has 4 aromatic rings. The van der Waals surface area contributed by atoms with Gasteiger partial charge in [-0.15, -0.1) is 0 Å².